The molecular weight excluding hydrogens is 865 g/mol. The molecule has 1 aliphatic rings. The highest BCUT2D eigenvalue weighted by atomic mass is 16.6. The lowest BCUT2D eigenvalue weighted by atomic mass is 9.79. The van der Waals surface area contributed by atoms with E-state index in [9.17, 15) is 15.0 Å². The van der Waals surface area contributed by atoms with Crippen LogP contribution >= 0.6 is 0 Å². The zero-order chi connectivity index (χ0) is 47.3. The zero-order valence-electron chi connectivity index (χ0n) is 38.0. The van der Waals surface area contributed by atoms with E-state index in [0.29, 0.717) is 23.0 Å². The average molecular weight is 917 g/mol. The molecule has 0 aliphatic carbocycles. The minimum absolute atomic E-state index is 0.0350. The van der Waals surface area contributed by atoms with E-state index in [-0.39, 0.29) is 30.9 Å². The SMILES string of the molecule is COc1ccc(C(OC[C@H]2O[C@@H](n3cnc4c(=O)n(CCO)cnc43)[C@H](OC(c3ccccc3)(c3ccc(OC)cc3)c3ccc(OC)cc3)[C@H]2O)(c2ccccc2)c2ccc(OC)cc2)cc1. The molecule has 1 saturated heterocycles. The molecule has 0 bridgehead atoms. The van der Waals surface area contributed by atoms with Crippen LogP contribution in [0.5, 0.6) is 23.0 Å². The maximum absolute atomic E-state index is 13.7. The van der Waals surface area contributed by atoms with Crippen molar-refractivity contribution in [2.45, 2.75) is 42.3 Å². The van der Waals surface area contributed by atoms with E-state index >= 15 is 0 Å². The van der Waals surface area contributed by atoms with Gasteiger partial charge in [0.1, 0.15) is 58.8 Å². The molecule has 3 heterocycles. The van der Waals surface area contributed by atoms with Gasteiger partial charge in [-0.25, -0.2) is 9.97 Å². The largest absolute Gasteiger partial charge is 0.497 e. The fourth-order valence-electron chi connectivity index (χ4n) is 9.12. The first-order valence-corrected chi connectivity index (χ1v) is 22.1. The second-order valence-electron chi connectivity index (χ2n) is 16.2. The Bertz CT molecular complexity index is 2870. The molecule has 4 atom stereocenters. The van der Waals surface area contributed by atoms with Gasteiger partial charge in [0.2, 0.25) is 0 Å². The molecule has 1 fully saturated rings. The van der Waals surface area contributed by atoms with Crippen molar-refractivity contribution in [2.75, 3.05) is 41.7 Å². The Morgan fingerprint density at radius 3 is 1.44 bits per heavy atom. The van der Waals surface area contributed by atoms with Gasteiger partial charge in [0.15, 0.2) is 17.4 Å². The molecule has 1 aliphatic heterocycles. The number of aromatic nitrogens is 4. The molecule has 348 valence electrons. The van der Waals surface area contributed by atoms with Crippen molar-refractivity contribution in [3.8, 4) is 23.0 Å². The predicted molar refractivity (Wildman–Crippen MR) is 254 cm³/mol. The van der Waals surface area contributed by atoms with E-state index in [4.69, 9.17) is 33.2 Å². The molecular formula is C54H52N4O10. The molecule has 0 unspecified atom stereocenters. The van der Waals surface area contributed by atoms with Crippen molar-refractivity contribution < 1.29 is 43.4 Å². The number of aliphatic hydroxyl groups excluding tert-OH is 2. The first kappa shape index (κ1) is 45.8. The molecule has 0 radical (unpaired) electrons. The Morgan fingerprint density at radius 2 is 1.00 bits per heavy atom. The topological polar surface area (TPSA) is 158 Å². The van der Waals surface area contributed by atoms with E-state index in [1.165, 1.54) is 17.2 Å². The van der Waals surface area contributed by atoms with Crippen LogP contribution < -0.4 is 24.5 Å². The summed E-state index contributed by atoms with van der Waals surface area (Å²) in [7, 11) is 6.45. The highest BCUT2D eigenvalue weighted by Crippen LogP contribution is 2.48. The van der Waals surface area contributed by atoms with Crippen LogP contribution in [0.2, 0.25) is 0 Å². The van der Waals surface area contributed by atoms with Crippen molar-refractivity contribution in [2.24, 2.45) is 0 Å². The summed E-state index contributed by atoms with van der Waals surface area (Å²) in [6.45, 7) is -0.385. The van der Waals surface area contributed by atoms with Crippen LogP contribution in [0.4, 0.5) is 0 Å². The minimum atomic E-state index is -1.40. The lowest BCUT2D eigenvalue weighted by molar-refractivity contribution is -0.123. The van der Waals surface area contributed by atoms with Crippen LogP contribution in [0.1, 0.15) is 39.6 Å². The second-order valence-corrected chi connectivity index (χ2v) is 16.2. The van der Waals surface area contributed by atoms with Gasteiger partial charge in [-0.3, -0.25) is 13.9 Å². The molecule has 0 spiro atoms. The molecule has 2 N–H and O–H groups in total. The second kappa shape index (κ2) is 19.9. The molecule has 14 heteroatoms. The quantitative estimate of drug-likeness (QED) is 0.0832. The summed E-state index contributed by atoms with van der Waals surface area (Å²) in [6.07, 6.45) is -1.89. The predicted octanol–water partition coefficient (Wildman–Crippen LogP) is 7.26. The van der Waals surface area contributed by atoms with Crippen LogP contribution in [-0.4, -0.2) is 89.3 Å². The van der Waals surface area contributed by atoms with Crippen molar-refractivity contribution in [1.29, 1.82) is 0 Å². The number of aliphatic hydroxyl groups is 2. The van der Waals surface area contributed by atoms with E-state index in [0.717, 1.165) is 33.4 Å². The van der Waals surface area contributed by atoms with E-state index < -0.39 is 41.3 Å². The molecule has 9 rings (SSSR count). The number of imidazole rings is 1. The van der Waals surface area contributed by atoms with Gasteiger partial charge in [-0.05, 0) is 81.9 Å². The highest BCUT2D eigenvalue weighted by molar-refractivity contribution is 5.69. The van der Waals surface area contributed by atoms with Crippen molar-refractivity contribution in [3.05, 3.63) is 214 Å². The lowest BCUT2D eigenvalue weighted by Gasteiger charge is -2.40. The first-order valence-electron chi connectivity index (χ1n) is 22.1. The molecule has 68 heavy (non-hydrogen) atoms. The molecule has 8 aromatic rings. The number of fused-ring (bicyclic) bond motifs is 1. The first-order chi connectivity index (χ1) is 33.3. The normalized spacial score (nSPS) is 17.3. The van der Waals surface area contributed by atoms with Gasteiger partial charge in [-0.1, -0.05) is 109 Å². The summed E-state index contributed by atoms with van der Waals surface area (Å²) in [5.41, 5.74) is 1.76. The van der Waals surface area contributed by atoms with Crippen molar-refractivity contribution in [3.63, 3.8) is 0 Å². The monoisotopic (exact) mass is 916 g/mol. The third kappa shape index (κ3) is 8.37. The van der Waals surface area contributed by atoms with Gasteiger partial charge in [0.05, 0.1) is 54.5 Å². The summed E-state index contributed by atoms with van der Waals surface area (Å²) in [6, 6.07) is 50.2. The Kier molecular flexibility index (Phi) is 13.4. The van der Waals surface area contributed by atoms with Crippen molar-refractivity contribution >= 4 is 11.2 Å². The van der Waals surface area contributed by atoms with Crippen LogP contribution in [0.15, 0.2) is 175 Å². The Hall–Kier alpha value is -7.33. The summed E-state index contributed by atoms with van der Waals surface area (Å²) >= 11 is 0. The number of methoxy groups -OCH3 is 4. The Labute approximate surface area is 393 Å². The fraction of sp³-hybridized carbons (Fsp3) is 0.241. The molecule has 6 aromatic carbocycles. The maximum Gasteiger partial charge on any atom is 0.281 e. The molecule has 2 aromatic heterocycles. The Balaban J connectivity index is 1.22. The zero-order valence-corrected chi connectivity index (χ0v) is 38.0. The van der Waals surface area contributed by atoms with Crippen LogP contribution in [0.3, 0.4) is 0 Å². The Morgan fingerprint density at radius 1 is 0.574 bits per heavy atom. The summed E-state index contributed by atoms with van der Waals surface area (Å²) < 4.78 is 47.2. The standard InChI is InChI=1S/C54H52N4O10/c1-62-42-23-15-38(16-24-42)53(36-11-7-5-8-12-36,39-17-25-43(63-2)26-18-39)66-33-46-48(60)49(52(67-46)58-35-55-47-50(58)56-34-57(31-32-59)51(47)61)68-54(37-13-9-6-10-14-37,40-19-27-44(64-3)28-20-40)41-21-29-45(65-4)30-22-41/h5-30,34-35,46,48-49,52,59-60H,31-33H2,1-4H3/t46-,48+,49-,52-/m1/s1. The number of hydrogen-bond donors (Lipinski definition) is 2. The van der Waals surface area contributed by atoms with E-state index in [2.05, 4.69) is 9.97 Å². The van der Waals surface area contributed by atoms with Crippen LogP contribution in [0.25, 0.3) is 11.2 Å². The van der Waals surface area contributed by atoms with E-state index in [1.807, 2.05) is 158 Å². The number of hydrogen-bond acceptors (Lipinski definition) is 12. The van der Waals surface area contributed by atoms with Gasteiger partial charge >= 0.3 is 0 Å². The van der Waals surface area contributed by atoms with Crippen molar-refractivity contribution in [1.82, 2.24) is 19.1 Å². The van der Waals surface area contributed by atoms with Gasteiger partial charge in [0.25, 0.3) is 5.56 Å². The number of benzene rings is 6. The number of nitrogens with zero attached hydrogens (tertiary/aromatic N) is 4. The lowest BCUT2D eigenvalue weighted by Crippen LogP contribution is -2.45. The molecule has 0 saturated carbocycles. The van der Waals surface area contributed by atoms with Gasteiger partial charge in [0, 0.05) is 0 Å². The average Bonchev–Trinajstić information content (AvgIpc) is 3.97. The van der Waals surface area contributed by atoms with Gasteiger partial charge < -0.3 is 43.4 Å². The summed E-state index contributed by atoms with van der Waals surface area (Å²) in [5.74, 6) is 2.62. The van der Waals surface area contributed by atoms with Crippen LogP contribution in [0, 0.1) is 0 Å². The fourth-order valence-corrected chi connectivity index (χ4v) is 9.12. The minimum Gasteiger partial charge on any atom is -0.497 e. The number of rotatable bonds is 18. The molecule has 14 nitrogen and oxygen atoms in total. The van der Waals surface area contributed by atoms with Gasteiger partial charge in [-0.15, -0.1) is 0 Å². The summed E-state index contributed by atoms with van der Waals surface area (Å²) in [4.78, 5) is 22.9. The van der Waals surface area contributed by atoms with E-state index in [1.54, 1.807) is 33.0 Å². The van der Waals surface area contributed by atoms with Crippen LogP contribution in [-0.2, 0) is 32.0 Å². The smallest absolute Gasteiger partial charge is 0.281 e. The number of ether oxygens (including phenoxy) is 7. The highest BCUT2D eigenvalue weighted by Gasteiger charge is 2.53. The van der Waals surface area contributed by atoms with Gasteiger partial charge in [-0.2, -0.15) is 0 Å². The summed E-state index contributed by atoms with van der Waals surface area (Å²) in [5, 5.41) is 22.7. The third-order valence-corrected chi connectivity index (χ3v) is 12.6. The maximum atomic E-state index is 13.7. The molecule has 0 amide bonds. The third-order valence-electron chi connectivity index (χ3n) is 12.6.